The van der Waals surface area contributed by atoms with E-state index >= 15 is 0 Å². The lowest BCUT2D eigenvalue weighted by Crippen LogP contribution is -2.35. The van der Waals surface area contributed by atoms with Gasteiger partial charge in [0.05, 0.1) is 4.90 Å². The molecular formula is C20H29N3O4S. The van der Waals surface area contributed by atoms with Gasteiger partial charge in [0.15, 0.2) is 0 Å². The van der Waals surface area contributed by atoms with Gasteiger partial charge in [-0.1, -0.05) is 27.2 Å². The molecule has 0 unspecified atom stereocenters. The summed E-state index contributed by atoms with van der Waals surface area (Å²) < 4.78 is 26.9. The molecular weight excluding hydrogens is 378 g/mol. The average Bonchev–Trinajstić information content (AvgIpc) is 2.69. The molecule has 8 heteroatoms. The number of nitrogens with one attached hydrogen (secondary N) is 1. The van der Waals surface area contributed by atoms with Gasteiger partial charge in [-0.2, -0.15) is 4.31 Å². The Bertz CT molecular complexity index is 994. The van der Waals surface area contributed by atoms with Gasteiger partial charge in [0.25, 0.3) is 5.91 Å². The molecule has 2 aromatic rings. The molecule has 1 amide bonds. The summed E-state index contributed by atoms with van der Waals surface area (Å²) in [5.74, 6) is -0.337. The van der Waals surface area contributed by atoms with E-state index in [9.17, 15) is 18.0 Å². The third-order valence-corrected chi connectivity index (χ3v) is 6.92. The van der Waals surface area contributed by atoms with E-state index in [0.717, 1.165) is 12.8 Å². The lowest BCUT2D eigenvalue weighted by molar-refractivity contribution is 0.0761. The number of amides is 1. The van der Waals surface area contributed by atoms with Crippen molar-refractivity contribution in [2.45, 2.75) is 45.4 Å². The molecule has 0 fully saturated rings. The van der Waals surface area contributed by atoms with Gasteiger partial charge in [0.2, 0.25) is 15.5 Å². The quantitative estimate of drug-likeness (QED) is 0.692. The SMILES string of the molecule is CCCCN(CC)C(=O)c1c[nH]c2ccc(S(=O)(=O)N(CC)CC)cc2c1=O. The summed E-state index contributed by atoms with van der Waals surface area (Å²) in [6, 6.07) is 4.41. The van der Waals surface area contributed by atoms with Crippen LogP contribution in [0.5, 0.6) is 0 Å². The highest BCUT2D eigenvalue weighted by Crippen LogP contribution is 2.19. The minimum Gasteiger partial charge on any atom is -0.360 e. The van der Waals surface area contributed by atoms with Crippen LogP contribution in [0.1, 0.15) is 50.9 Å². The van der Waals surface area contributed by atoms with Crippen molar-refractivity contribution in [1.29, 1.82) is 0 Å². The maximum absolute atomic E-state index is 13.0. The molecule has 0 saturated carbocycles. The number of unbranched alkanes of at least 4 members (excludes halogenated alkanes) is 1. The van der Waals surface area contributed by atoms with E-state index in [4.69, 9.17) is 0 Å². The Hall–Kier alpha value is -2.19. The van der Waals surface area contributed by atoms with E-state index < -0.39 is 15.5 Å². The zero-order valence-corrected chi connectivity index (χ0v) is 17.8. The Labute approximate surface area is 166 Å². The van der Waals surface area contributed by atoms with Crippen LogP contribution in [0, 0.1) is 0 Å². The Balaban J connectivity index is 2.55. The fourth-order valence-electron chi connectivity index (χ4n) is 3.15. The van der Waals surface area contributed by atoms with Gasteiger partial charge in [0.1, 0.15) is 5.56 Å². The number of fused-ring (bicyclic) bond motifs is 1. The molecule has 0 atom stereocenters. The van der Waals surface area contributed by atoms with Gasteiger partial charge in [-0.25, -0.2) is 8.42 Å². The van der Waals surface area contributed by atoms with Crippen LogP contribution in [0.15, 0.2) is 34.1 Å². The Morgan fingerprint density at radius 2 is 1.75 bits per heavy atom. The number of aromatic amines is 1. The predicted molar refractivity (Wildman–Crippen MR) is 111 cm³/mol. The number of hydrogen-bond acceptors (Lipinski definition) is 4. The van der Waals surface area contributed by atoms with Crippen LogP contribution < -0.4 is 5.43 Å². The van der Waals surface area contributed by atoms with E-state index in [2.05, 4.69) is 4.98 Å². The van der Waals surface area contributed by atoms with Gasteiger partial charge in [0, 0.05) is 43.3 Å². The molecule has 1 N–H and O–H groups in total. The molecule has 154 valence electrons. The van der Waals surface area contributed by atoms with Crippen LogP contribution >= 0.6 is 0 Å². The molecule has 28 heavy (non-hydrogen) atoms. The smallest absolute Gasteiger partial charge is 0.259 e. The van der Waals surface area contributed by atoms with Crippen LogP contribution in [-0.4, -0.2) is 54.7 Å². The van der Waals surface area contributed by atoms with Crippen LogP contribution in [0.2, 0.25) is 0 Å². The molecule has 1 heterocycles. The number of pyridine rings is 1. The first kappa shape index (κ1) is 22.1. The van der Waals surface area contributed by atoms with Crippen LogP contribution in [-0.2, 0) is 10.0 Å². The number of carbonyl (C=O) groups is 1. The zero-order chi connectivity index (χ0) is 20.9. The van der Waals surface area contributed by atoms with Crippen LogP contribution in [0.4, 0.5) is 0 Å². The number of rotatable bonds is 9. The lowest BCUT2D eigenvalue weighted by Gasteiger charge is -2.20. The van der Waals surface area contributed by atoms with Crippen molar-refractivity contribution in [2.24, 2.45) is 0 Å². The minimum absolute atomic E-state index is 0.0304. The maximum Gasteiger partial charge on any atom is 0.259 e. The Morgan fingerprint density at radius 3 is 2.32 bits per heavy atom. The van der Waals surface area contributed by atoms with Crippen molar-refractivity contribution in [3.63, 3.8) is 0 Å². The highest BCUT2D eigenvalue weighted by atomic mass is 32.2. The Kier molecular flexibility index (Phi) is 7.37. The van der Waals surface area contributed by atoms with Crippen molar-refractivity contribution >= 4 is 26.8 Å². The minimum atomic E-state index is -3.69. The number of carbonyl (C=O) groups excluding carboxylic acids is 1. The van der Waals surface area contributed by atoms with Crippen molar-refractivity contribution < 1.29 is 13.2 Å². The maximum atomic E-state index is 13.0. The number of benzene rings is 1. The molecule has 0 spiro atoms. The van der Waals surface area contributed by atoms with E-state index in [1.165, 1.54) is 22.6 Å². The summed E-state index contributed by atoms with van der Waals surface area (Å²) in [6.07, 6.45) is 3.22. The topological polar surface area (TPSA) is 90.6 Å². The van der Waals surface area contributed by atoms with Crippen molar-refractivity contribution in [2.75, 3.05) is 26.2 Å². The third kappa shape index (κ3) is 4.28. The number of sulfonamides is 1. The average molecular weight is 408 g/mol. The molecule has 2 rings (SSSR count). The normalized spacial score (nSPS) is 11.9. The van der Waals surface area contributed by atoms with Crippen molar-refractivity contribution in [1.82, 2.24) is 14.2 Å². The Morgan fingerprint density at radius 1 is 1.07 bits per heavy atom. The van der Waals surface area contributed by atoms with Crippen molar-refractivity contribution in [3.8, 4) is 0 Å². The van der Waals surface area contributed by atoms with Gasteiger partial charge in [-0.3, -0.25) is 9.59 Å². The predicted octanol–water partition coefficient (Wildman–Crippen LogP) is 2.82. The molecule has 7 nitrogen and oxygen atoms in total. The standard InChI is InChI=1S/C20H29N3O4S/c1-5-9-12-22(6-2)20(25)17-14-21-18-11-10-15(13-16(18)19(17)24)28(26,27)23(7-3)8-4/h10-11,13-14H,5-9,12H2,1-4H3,(H,21,24). The summed E-state index contributed by atoms with van der Waals surface area (Å²) in [5, 5.41) is 0.200. The van der Waals surface area contributed by atoms with Gasteiger partial charge in [-0.15, -0.1) is 0 Å². The molecule has 1 aromatic carbocycles. The van der Waals surface area contributed by atoms with Crippen LogP contribution in [0.3, 0.4) is 0 Å². The number of hydrogen-bond donors (Lipinski definition) is 1. The molecule has 0 aliphatic rings. The molecule has 1 aromatic heterocycles. The molecule has 0 aliphatic carbocycles. The molecule has 0 aliphatic heterocycles. The fourth-order valence-corrected chi connectivity index (χ4v) is 4.64. The summed E-state index contributed by atoms with van der Waals surface area (Å²) in [6.45, 7) is 9.22. The third-order valence-electron chi connectivity index (χ3n) is 4.88. The molecule has 0 bridgehead atoms. The van der Waals surface area contributed by atoms with Crippen molar-refractivity contribution in [3.05, 3.63) is 40.2 Å². The molecule has 0 saturated heterocycles. The molecule has 0 radical (unpaired) electrons. The first-order valence-electron chi connectivity index (χ1n) is 9.76. The van der Waals surface area contributed by atoms with Gasteiger partial charge in [-0.05, 0) is 31.5 Å². The summed E-state index contributed by atoms with van der Waals surface area (Å²) >= 11 is 0. The van der Waals surface area contributed by atoms with E-state index in [1.54, 1.807) is 24.8 Å². The summed E-state index contributed by atoms with van der Waals surface area (Å²) in [7, 11) is -3.69. The number of aromatic nitrogens is 1. The summed E-state index contributed by atoms with van der Waals surface area (Å²) in [5.41, 5.74) is 0.0739. The lowest BCUT2D eigenvalue weighted by atomic mass is 10.1. The highest BCUT2D eigenvalue weighted by molar-refractivity contribution is 7.89. The highest BCUT2D eigenvalue weighted by Gasteiger charge is 2.23. The number of nitrogens with zero attached hydrogens (tertiary/aromatic N) is 2. The van der Waals surface area contributed by atoms with E-state index in [1.807, 2.05) is 13.8 Å². The second-order valence-corrected chi connectivity index (χ2v) is 8.50. The largest absolute Gasteiger partial charge is 0.360 e. The summed E-state index contributed by atoms with van der Waals surface area (Å²) in [4.78, 5) is 30.4. The first-order chi connectivity index (χ1) is 13.3. The van der Waals surface area contributed by atoms with Gasteiger partial charge >= 0.3 is 0 Å². The zero-order valence-electron chi connectivity index (χ0n) is 17.0. The van der Waals surface area contributed by atoms with Gasteiger partial charge < -0.3 is 9.88 Å². The van der Waals surface area contributed by atoms with Crippen LogP contribution in [0.25, 0.3) is 10.9 Å². The second kappa shape index (κ2) is 9.34. The fraction of sp³-hybridized carbons (Fsp3) is 0.500. The van der Waals surface area contributed by atoms with E-state index in [-0.39, 0.29) is 21.8 Å². The first-order valence-corrected chi connectivity index (χ1v) is 11.2. The second-order valence-electron chi connectivity index (χ2n) is 6.57. The number of H-pyrrole nitrogens is 1. The monoisotopic (exact) mass is 407 g/mol. The van der Waals surface area contributed by atoms with E-state index in [0.29, 0.717) is 31.7 Å².